The normalized spacial score (nSPS) is 30.5. The molecule has 0 saturated carbocycles. The minimum absolute atomic E-state index is 0.0128. The minimum atomic E-state index is -0.430. The summed E-state index contributed by atoms with van der Waals surface area (Å²) in [5, 5.41) is 0. The number of fused-ring (bicyclic) bond motifs is 1. The molecule has 0 saturated heterocycles. The van der Waals surface area contributed by atoms with Crippen LogP contribution in [0.15, 0.2) is 47.3 Å². The van der Waals surface area contributed by atoms with E-state index in [1.807, 2.05) is 19.1 Å². The van der Waals surface area contributed by atoms with Gasteiger partial charge in [0.05, 0.1) is 12.2 Å². The molecule has 116 valence electrons. The van der Waals surface area contributed by atoms with Gasteiger partial charge in [-0.1, -0.05) is 26.5 Å². The summed E-state index contributed by atoms with van der Waals surface area (Å²) in [5.41, 5.74) is 3.43. The second kappa shape index (κ2) is 5.08. The van der Waals surface area contributed by atoms with Gasteiger partial charge in [0.1, 0.15) is 6.10 Å². The average molecular weight is 298 g/mol. The molecule has 0 aromatic rings. The molecule has 3 heteroatoms. The Morgan fingerprint density at radius 2 is 2.09 bits per heavy atom. The van der Waals surface area contributed by atoms with E-state index in [2.05, 4.69) is 20.4 Å². The highest BCUT2D eigenvalue weighted by Gasteiger charge is 2.44. The predicted octanol–water partition coefficient (Wildman–Crippen LogP) is 3.68. The van der Waals surface area contributed by atoms with Crippen LogP contribution in [0, 0.1) is 11.3 Å². The van der Waals surface area contributed by atoms with Gasteiger partial charge in [-0.25, -0.2) is 0 Å². The molecule has 0 N–H and O–H groups in total. The van der Waals surface area contributed by atoms with Gasteiger partial charge in [-0.15, -0.1) is 0 Å². The summed E-state index contributed by atoms with van der Waals surface area (Å²) in [4.78, 5) is 25.1. The zero-order valence-electron chi connectivity index (χ0n) is 13.4. The summed E-state index contributed by atoms with van der Waals surface area (Å²) in [6.45, 7) is 10.1. The lowest BCUT2D eigenvalue weighted by molar-refractivity contribution is -0.137. The number of rotatable bonds is 2. The lowest BCUT2D eigenvalue weighted by atomic mass is 9.68. The maximum Gasteiger partial charge on any atom is 0.229 e. The molecular weight excluding hydrogens is 276 g/mol. The third-order valence-corrected chi connectivity index (χ3v) is 5.12. The van der Waals surface area contributed by atoms with Crippen molar-refractivity contribution >= 4 is 11.6 Å². The fourth-order valence-electron chi connectivity index (χ4n) is 3.90. The van der Waals surface area contributed by atoms with Crippen LogP contribution in [0.3, 0.4) is 0 Å². The maximum absolute atomic E-state index is 12.6. The van der Waals surface area contributed by atoms with Gasteiger partial charge in [0.15, 0.2) is 0 Å². The van der Waals surface area contributed by atoms with E-state index in [9.17, 15) is 9.59 Å². The van der Waals surface area contributed by atoms with E-state index in [0.29, 0.717) is 5.57 Å². The minimum Gasteiger partial charge on any atom is -0.493 e. The second-order valence-corrected chi connectivity index (χ2v) is 7.05. The molecule has 3 rings (SSSR count). The summed E-state index contributed by atoms with van der Waals surface area (Å²) in [6, 6.07) is 0. The molecule has 0 spiro atoms. The van der Waals surface area contributed by atoms with Crippen LogP contribution < -0.4 is 0 Å². The van der Waals surface area contributed by atoms with E-state index >= 15 is 0 Å². The summed E-state index contributed by atoms with van der Waals surface area (Å²) in [5.74, 6) is -1.14. The Balaban J connectivity index is 2.10. The van der Waals surface area contributed by atoms with E-state index in [1.54, 1.807) is 6.26 Å². The Morgan fingerprint density at radius 1 is 1.36 bits per heavy atom. The molecule has 0 aromatic heterocycles. The standard InChI is InChI=1S/C19H22O3/c1-5-14-12(7-6-8-19(14,3)4)13-9-15-16(11(2)10-22-15)18(21)17(13)20/h5,9-10,15-16H,1,6-8H2,2-4H3. The summed E-state index contributed by atoms with van der Waals surface area (Å²) in [6.07, 6.45) is 7.87. The van der Waals surface area contributed by atoms with Gasteiger partial charge in [-0.05, 0) is 54.4 Å². The Labute approximate surface area is 131 Å². The molecule has 0 aromatic carbocycles. The molecule has 2 unspecified atom stereocenters. The largest absolute Gasteiger partial charge is 0.493 e. The van der Waals surface area contributed by atoms with Gasteiger partial charge >= 0.3 is 0 Å². The molecule has 2 atom stereocenters. The number of carbonyl (C=O) groups excluding carboxylic acids is 2. The Hall–Kier alpha value is -1.90. The number of ketones is 2. The van der Waals surface area contributed by atoms with Crippen LogP contribution in [-0.4, -0.2) is 17.7 Å². The summed E-state index contributed by atoms with van der Waals surface area (Å²) >= 11 is 0. The van der Waals surface area contributed by atoms with Crippen molar-refractivity contribution in [2.45, 2.75) is 46.1 Å². The lowest BCUT2D eigenvalue weighted by Gasteiger charge is -2.35. The van der Waals surface area contributed by atoms with Crippen LogP contribution in [0.25, 0.3) is 0 Å². The first kappa shape index (κ1) is 15.0. The maximum atomic E-state index is 12.6. The molecular formula is C19H22O3. The number of hydrogen-bond acceptors (Lipinski definition) is 3. The van der Waals surface area contributed by atoms with Gasteiger partial charge in [0.2, 0.25) is 11.6 Å². The van der Waals surface area contributed by atoms with Crippen molar-refractivity contribution in [2.24, 2.45) is 11.3 Å². The molecule has 0 bridgehead atoms. The SMILES string of the molecule is C=CC1=C(C2=CC3OC=C(C)C3C(=O)C2=O)CCCC1(C)C. The highest BCUT2D eigenvalue weighted by atomic mass is 16.5. The quantitative estimate of drug-likeness (QED) is 0.730. The predicted molar refractivity (Wildman–Crippen MR) is 85.1 cm³/mol. The number of allylic oxidation sites excluding steroid dienone is 4. The number of ether oxygens (including phenoxy) is 1. The van der Waals surface area contributed by atoms with Gasteiger partial charge in [-0.3, -0.25) is 9.59 Å². The number of hydrogen-bond donors (Lipinski definition) is 0. The highest BCUT2D eigenvalue weighted by molar-refractivity contribution is 6.46. The van der Waals surface area contributed by atoms with Crippen molar-refractivity contribution in [1.29, 1.82) is 0 Å². The van der Waals surface area contributed by atoms with Crippen LogP contribution in [0.5, 0.6) is 0 Å². The Bertz CT molecular complexity index is 658. The van der Waals surface area contributed by atoms with Gasteiger partial charge in [-0.2, -0.15) is 0 Å². The van der Waals surface area contributed by atoms with Gasteiger partial charge in [0.25, 0.3) is 0 Å². The third kappa shape index (κ3) is 2.11. The van der Waals surface area contributed by atoms with Crippen LogP contribution in [0.2, 0.25) is 0 Å². The van der Waals surface area contributed by atoms with E-state index in [0.717, 1.165) is 36.0 Å². The van der Waals surface area contributed by atoms with E-state index < -0.39 is 5.92 Å². The monoisotopic (exact) mass is 298 g/mol. The Kier molecular flexibility index (Phi) is 3.47. The highest BCUT2D eigenvalue weighted by Crippen LogP contribution is 2.45. The van der Waals surface area contributed by atoms with E-state index in [-0.39, 0.29) is 23.1 Å². The van der Waals surface area contributed by atoms with Crippen LogP contribution in [-0.2, 0) is 14.3 Å². The van der Waals surface area contributed by atoms with Crippen molar-refractivity contribution in [2.75, 3.05) is 0 Å². The molecule has 0 fully saturated rings. The Morgan fingerprint density at radius 3 is 2.77 bits per heavy atom. The van der Waals surface area contributed by atoms with Crippen molar-refractivity contribution in [1.82, 2.24) is 0 Å². The molecule has 1 aliphatic heterocycles. The van der Waals surface area contributed by atoms with Crippen LogP contribution >= 0.6 is 0 Å². The number of Topliss-reactive ketones (excluding diaryl/α,β-unsaturated/α-hetero) is 2. The molecule has 1 heterocycles. The molecule has 0 radical (unpaired) electrons. The first-order valence-electron chi connectivity index (χ1n) is 7.86. The zero-order chi connectivity index (χ0) is 16.1. The third-order valence-electron chi connectivity index (χ3n) is 5.12. The molecule has 3 aliphatic rings. The molecule has 3 nitrogen and oxygen atoms in total. The fraction of sp³-hybridized carbons (Fsp3) is 0.474. The fourth-order valence-corrected chi connectivity index (χ4v) is 3.90. The molecule has 0 amide bonds. The molecule has 2 aliphatic carbocycles. The van der Waals surface area contributed by atoms with E-state index in [4.69, 9.17) is 4.74 Å². The van der Waals surface area contributed by atoms with Crippen molar-refractivity contribution in [3.63, 3.8) is 0 Å². The first-order valence-corrected chi connectivity index (χ1v) is 7.86. The summed E-state index contributed by atoms with van der Waals surface area (Å²) < 4.78 is 5.57. The van der Waals surface area contributed by atoms with Crippen molar-refractivity contribution in [3.8, 4) is 0 Å². The van der Waals surface area contributed by atoms with Crippen LogP contribution in [0.4, 0.5) is 0 Å². The van der Waals surface area contributed by atoms with E-state index in [1.165, 1.54) is 0 Å². The topological polar surface area (TPSA) is 43.4 Å². The number of carbonyl (C=O) groups is 2. The average Bonchev–Trinajstić information content (AvgIpc) is 2.83. The first-order chi connectivity index (χ1) is 10.4. The van der Waals surface area contributed by atoms with Gasteiger partial charge in [0, 0.05) is 5.57 Å². The smallest absolute Gasteiger partial charge is 0.229 e. The van der Waals surface area contributed by atoms with Crippen LogP contribution in [0.1, 0.15) is 40.0 Å². The van der Waals surface area contributed by atoms with Gasteiger partial charge < -0.3 is 4.74 Å². The van der Waals surface area contributed by atoms with Crippen molar-refractivity contribution in [3.05, 3.63) is 47.3 Å². The molecule has 22 heavy (non-hydrogen) atoms. The lowest BCUT2D eigenvalue weighted by Crippen LogP contribution is -2.38. The summed E-state index contributed by atoms with van der Waals surface area (Å²) in [7, 11) is 0. The zero-order valence-corrected chi connectivity index (χ0v) is 13.4. The second-order valence-electron chi connectivity index (χ2n) is 7.05. The van der Waals surface area contributed by atoms with Crippen molar-refractivity contribution < 1.29 is 14.3 Å².